The van der Waals surface area contributed by atoms with E-state index in [1.54, 1.807) is 48.5 Å². The zero-order valence-corrected chi connectivity index (χ0v) is 20.2. The van der Waals surface area contributed by atoms with Crippen LogP contribution >= 0.6 is 0 Å². The minimum absolute atomic E-state index is 0.0341. The van der Waals surface area contributed by atoms with Crippen LogP contribution in [0.2, 0.25) is 0 Å². The van der Waals surface area contributed by atoms with Crippen molar-refractivity contribution in [2.45, 2.75) is 19.9 Å². The number of carbonyl (C=O) groups excluding carboxylic acids is 2. The molecule has 1 aliphatic rings. The zero-order chi connectivity index (χ0) is 25.8. The third kappa shape index (κ3) is 4.62. The van der Waals surface area contributed by atoms with Gasteiger partial charge < -0.3 is 19.3 Å². The van der Waals surface area contributed by atoms with Crippen molar-refractivity contribution < 1.29 is 33.3 Å². The van der Waals surface area contributed by atoms with E-state index in [-0.39, 0.29) is 16.9 Å². The highest BCUT2D eigenvalue weighted by atomic mass is 19.1. The Labute approximate surface area is 208 Å². The van der Waals surface area contributed by atoms with Crippen LogP contribution in [0, 0.1) is 5.82 Å². The van der Waals surface area contributed by atoms with Gasteiger partial charge in [0.25, 0.3) is 11.7 Å². The number of Topliss-reactive ketones (excluding diaryl/α,β-unsaturated/α-hetero) is 1. The molecule has 1 N–H and O–H groups in total. The van der Waals surface area contributed by atoms with Crippen LogP contribution in [0.5, 0.6) is 17.2 Å². The Hall–Kier alpha value is -4.33. The summed E-state index contributed by atoms with van der Waals surface area (Å²) < 4.78 is 30.5. The van der Waals surface area contributed by atoms with Gasteiger partial charge in [-0.1, -0.05) is 12.1 Å². The van der Waals surface area contributed by atoms with Gasteiger partial charge in [-0.25, -0.2) is 4.39 Å². The van der Waals surface area contributed by atoms with E-state index >= 15 is 0 Å². The number of halogens is 1. The van der Waals surface area contributed by atoms with Gasteiger partial charge in [0.1, 0.15) is 28.8 Å². The van der Waals surface area contributed by atoms with Crippen molar-refractivity contribution in [2.75, 3.05) is 25.2 Å². The molecule has 1 unspecified atom stereocenters. The molecule has 1 amide bonds. The zero-order valence-electron chi connectivity index (χ0n) is 20.2. The molecule has 1 heterocycles. The van der Waals surface area contributed by atoms with E-state index in [4.69, 9.17) is 14.2 Å². The average Bonchev–Trinajstić information content (AvgIpc) is 3.15. The maximum atomic E-state index is 14.1. The average molecular weight is 492 g/mol. The first-order valence-corrected chi connectivity index (χ1v) is 11.5. The lowest BCUT2D eigenvalue weighted by atomic mass is 9.94. The number of benzene rings is 3. The van der Waals surface area contributed by atoms with E-state index in [0.29, 0.717) is 36.0 Å². The van der Waals surface area contributed by atoms with Crippen molar-refractivity contribution in [3.05, 3.63) is 89.2 Å². The number of hydrogen-bond donors (Lipinski definition) is 1. The van der Waals surface area contributed by atoms with Crippen molar-refractivity contribution in [1.29, 1.82) is 0 Å². The number of ether oxygens (including phenoxy) is 3. The maximum absolute atomic E-state index is 14.1. The number of nitrogens with zero attached hydrogens (tertiary/aromatic N) is 1. The molecule has 0 saturated carbocycles. The first-order valence-electron chi connectivity index (χ1n) is 11.5. The number of amides is 1. The molecule has 7 nitrogen and oxygen atoms in total. The van der Waals surface area contributed by atoms with Crippen molar-refractivity contribution in [3.8, 4) is 17.2 Å². The number of ketones is 1. The molecule has 1 aliphatic heterocycles. The number of rotatable bonds is 8. The Bertz CT molecular complexity index is 1320. The van der Waals surface area contributed by atoms with Gasteiger partial charge in [-0.05, 0) is 74.0 Å². The summed E-state index contributed by atoms with van der Waals surface area (Å²) in [6.45, 7) is 4.60. The second-order valence-electron chi connectivity index (χ2n) is 7.95. The number of aliphatic hydroxyl groups excluding tert-OH is 1. The summed E-state index contributed by atoms with van der Waals surface area (Å²) >= 11 is 0. The van der Waals surface area contributed by atoms with Crippen LogP contribution in [-0.4, -0.2) is 37.1 Å². The highest BCUT2D eigenvalue weighted by Crippen LogP contribution is 2.44. The molecule has 0 aromatic heterocycles. The monoisotopic (exact) mass is 491 g/mol. The SMILES string of the molecule is CCOc1ccc(N2C(=O)C(=O)/C(=C(/O)c3cc(F)ccc3OC)C2c2cccc(OCC)c2)cc1. The molecular formula is C28H26FNO6. The molecular weight excluding hydrogens is 465 g/mol. The summed E-state index contributed by atoms with van der Waals surface area (Å²) in [5.41, 5.74) is 0.739. The molecule has 1 fully saturated rings. The van der Waals surface area contributed by atoms with Gasteiger partial charge >= 0.3 is 0 Å². The lowest BCUT2D eigenvalue weighted by Gasteiger charge is -2.26. The van der Waals surface area contributed by atoms with Crippen molar-refractivity contribution >= 4 is 23.1 Å². The smallest absolute Gasteiger partial charge is 0.300 e. The van der Waals surface area contributed by atoms with Gasteiger partial charge in [0.2, 0.25) is 0 Å². The van der Waals surface area contributed by atoms with Crippen molar-refractivity contribution in [2.24, 2.45) is 0 Å². The number of anilines is 1. The van der Waals surface area contributed by atoms with Crippen LogP contribution in [0.15, 0.2) is 72.3 Å². The first kappa shape index (κ1) is 24.8. The Balaban J connectivity index is 1.94. The number of hydrogen-bond acceptors (Lipinski definition) is 6. The van der Waals surface area contributed by atoms with Crippen LogP contribution in [0.3, 0.4) is 0 Å². The summed E-state index contributed by atoms with van der Waals surface area (Å²) in [4.78, 5) is 28.0. The Morgan fingerprint density at radius 1 is 0.944 bits per heavy atom. The summed E-state index contributed by atoms with van der Waals surface area (Å²) in [7, 11) is 1.37. The number of aliphatic hydroxyl groups is 1. The minimum atomic E-state index is -1.00. The molecule has 3 aromatic carbocycles. The molecule has 3 aromatic rings. The molecule has 0 bridgehead atoms. The largest absolute Gasteiger partial charge is 0.507 e. The number of methoxy groups -OCH3 is 1. The van der Waals surface area contributed by atoms with Crippen LogP contribution in [0.4, 0.5) is 10.1 Å². The van der Waals surface area contributed by atoms with Crippen LogP contribution in [-0.2, 0) is 9.59 Å². The van der Waals surface area contributed by atoms with Crippen LogP contribution < -0.4 is 19.1 Å². The third-order valence-corrected chi connectivity index (χ3v) is 5.77. The molecule has 1 atom stereocenters. The fourth-order valence-corrected chi connectivity index (χ4v) is 4.24. The molecule has 8 heteroatoms. The fraction of sp³-hybridized carbons (Fsp3) is 0.214. The second kappa shape index (κ2) is 10.5. The predicted octanol–water partition coefficient (Wildman–Crippen LogP) is 5.26. The Kier molecular flexibility index (Phi) is 7.24. The lowest BCUT2D eigenvalue weighted by molar-refractivity contribution is -0.132. The van der Waals surface area contributed by atoms with E-state index in [1.165, 1.54) is 24.1 Å². The molecule has 1 saturated heterocycles. The Morgan fingerprint density at radius 2 is 1.64 bits per heavy atom. The van der Waals surface area contributed by atoms with Gasteiger partial charge in [0.05, 0.1) is 37.5 Å². The molecule has 4 rings (SSSR count). The minimum Gasteiger partial charge on any atom is -0.507 e. The van der Waals surface area contributed by atoms with Gasteiger partial charge in [-0.15, -0.1) is 0 Å². The first-order chi connectivity index (χ1) is 17.4. The molecule has 0 aliphatic carbocycles. The highest BCUT2D eigenvalue weighted by molar-refractivity contribution is 6.51. The van der Waals surface area contributed by atoms with Crippen molar-refractivity contribution in [3.63, 3.8) is 0 Å². The van der Waals surface area contributed by atoms with Gasteiger partial charge in [-0.3, -0.25) is 14.5 Å². The summed E-state index contributed by atoms with van der Waals surface area (Å²) in [5, 5.41) is 11.3. The second-order valence-corrected chi connectivity index (χ2v) is 7.95. The summed E-state index contributed by atoms with van der Waals surface area (Å²) in [6.07, 6.45) is 0. The van der Waals surface area contributed by atoms with E-state index in [1.807, 2.05) is 13.8 Å². The molecule has 186 valence electrons. The van der Waals surface area contributed by atoms with E-state index in [0.717, 1.165) is 6.07 Å². The summed E-state index contributed by atoms with van der Waals surface area (Å²) in [5.74, 6) is -1.60. The quantitative estimate of drug-likeness (QED) is 0.263. The highest BCUT2D eigenvalue weighted by Gasteiger charge is 2.47. The Morgan fingerprint density at radius 3 is 2.31 bits per heavy atom. The van der Waals surface area contributed by atoms with Gasteiger partial charge in [0.15, 0.2) is 0 Å². The normalized spacial score (nSPS) is 16.8. The summed E-state index contributed by atoms with van der Waals surface area (Å²) in [6, 6.07) is 16.2. The predicted molar refractivity (Wildman–Crippen MR) is 133 cm³/mol. The van der Waals surface area contributed by atoms with Crippen LogP contribution in [0.1, 0.15) is 31.0 Å². The van der Waals surface area contributed by atoms with Crippen LogP contribution in [0.25, 0.3) is 5.76 Å². The van der Waals surface area contributed by atoms with E-state index < -0.39 is 29.3 Å². The molecule has 0 radical (unpaired) electrons. The fourth-order valence-electron chi connectivity index (χ4n) is 4.24. The molecule has 36 heavy (non-hydrogen) atoms. The lowest BCUT2D eigenvalue weighted by Crippen LogP contribution is -2.29. The maximum Gasteiger partial charge on any atom is 0.300 e. The topological polar surface area (TPSA) is 85.3 Å². The van der Waals surface area contributed by atoms with E-state index in [2.05, 4.69) is 0 Å². The van der Waals surface area contributed by atoms with Crippen molar-refractivity contribution in [1.82, 2.24) is 0 Å². The van der Waals surface area contributed by atoms with E-state index in [9.17, 15) is 19.1 Å². The molecule has 0 spiro atoms. The van der Waals surface area contributed by atoms with Gasteiger partial charge in [-0.2, -0.15) is 0 Å². The number of carbonyl (C=O) groups is 2. The third-order valence-electron chi connectivity index (χ3n) is 5.77. The van der Waals surface area contributed by atoms with Gasteiger partial charge in [0, 0.05) is 5.69 Å². The standard InChI is InChI=1S/C28H26FNO6/c1-4-35-20-12-10-19(11-13-20)30-25(17-7-6-8-21(15-17)36-5-2)24(27(32)28(30)33)26(31)22-16-18(29)9-14-23(22)34-3/h6-16,25,31H,4-5H2,1-3H3/b26-24+.